The summed E-state index contributed by atoms with van der Waals surface area (Å²) in [5.41, 5.74) is 3.34. The Labute approximate surface area is 459 Å². The molecule has 8 aromatic rings. The van der Waals surface area contributed by atoms with Crippen LogP contribution in [0, 0.1) is 0 Å². The van der Waals surface area contributed by atoms with E-state index >= 15 is 0 Å². The average Bonchev–Trinajstić information content (AvgIpc) is 3.95. The Kier molecular flexibility index (Phi) is 15.8. The molecule has 1 saturated heterocycles. The molecule has 0 radical (unpaired) electrons. The third kappa shape index (κ3) is 11.0. The molecule has 15 heteroatoms. The Hall–Kier alpha value is -8.30. The molecule has 2 N–H and O–H groups in total. The predicted molar refractivity (Wildman–Crippen MR) is 301 cm³/mol. The number of esters is 2. The van der Waals surface area contributed by atoms with Gasteiger partial charge in [0.15, 0.2) is 23.1 Å². The van der Waals surface area contributed by atoms with Gasteiger partial charge in [-0.25, -0.2) is 14.6 Å². The van der Waals surface area contributed by atoms with Gasteiger partial charge in [0, 0.05) is 17.0 Å². The molecule has 10 rings (SSSR count). The molecule has 2 aliphatic heterocycles. The van der Waals surface area contributed by atoms with Crippen LogP contribution < -0.4 is 10.6 Å². The number of carbonyl (C=O) groups is 4. The number of carbonyl (C=O) groups excluding carboxylic acids is 4. The van der Waals surface area contributed by atoms with Crippen LogP contribution in [-0.2, 0) is 39.0 Å². The first kappa shape index (κ1) is 52.2. The molecule has 386 valence electrons. The maximum Gasteiger partial charge on any atom is 0.356 e. The molecule has 0 bridgehead atoms. The van der Waals surface area contributed by atoms with E-state index in [0.29, 0.717) is 10.7 Å². The molecule has 0 spiro atoms. The van der Waals surface area contributed by atoms with Crippen molar-refractivity contribution in [3.63, 3.8) is 0 Å². The van der Waals surface area contributed by atoms with Gasteiger partial charge in [-0.15, -0.1) is 34.7 Å². The fourth-order valence-corrected chi connectivity index (χ4v) is 11.8. The highest BCUT2D eigenvalue weighted by Crippen LogP contribution is 2.43. The number of anilines is 1. The lowest BCUT2D eigenvalue weighted by Crippen LogP contribution is -2.71. The van der Waals surface area contributed by atoms with Gasteiger partial charge in [-0.05, 0) is 58.4 Å². The van der Waals surface area contributed by atoms with Crippen LogP contribution in [0.25, 0.3) is 0 Å². The first-order chi connectivity index (χ1) is 37.6. The topological polar surface area (TPSA) is 149 Å². The smallest absolute Gasteiger partial charge is 0.356 e. The second kappa shape index (κ2) is 23.3. The monoisotopic (exact) mass is 1080 g/mol. The molecular formula is C62H52ClN5O7S2. The number of alkyl halides is 1. The zero-order valence-corrected chi connectivity index (χ0v) is 44.3. The van der Waals surface area contributed by atoms with Crippen molar-refractivity contribution in [1.82, 2.24) is 15.2 Å². The van der Waals surface area contributed by atoms with Crippen molar-refractivity contribution < 1.29 is 33.5 Å². The summed E-state index contributed by atoms with van der Waals surface area (Å²) in [6, 6.07) is 66.2. The highest BCUT2D eigenvalue weighted by molar-refractivity contribution is 8.00. The quantitative estimate of drug-likeness (QED) is 0.0200. The van der Waals surface area contributed by atoms with Gasteiger partial charge < -0.3 is 24.9 Å². The van der Waals surface area contributed by atoms with Crippen molar-refractivity contribution in [1.29, 1.82) is 0 Å². The standard InChI is InChI=1S/C62H52ClN5O7S2/c1-61(2,59(72)74-54(43-28-14-5-15-29-43)44-30-16-6-17-31-44)75-67-50(49-40-77-60(64-49)66-62(46-32-18-7-19-33-46,47-34-20-8-21-35-47)48-36-22-9-23-37-48)55(69)65-51-56(70)68-52(45(38-63)39-76-57(51)68)58(71)73-53(41-24-10-3-11-25-41)42-26-12-4-13-27-42/h3-37,40,51,53-54,57H,38-39H2,1-2H3,(H,64,66)(H,65,69)/b67-50-. The van der Waals surface area contributed by atoms with Crippen LogP contribution in [0.1, 0.15) is 70.7 Å². The Morgan fingerprint density at radius 3 is 1.53 bits per heavy atom. The maximum absolute atomic E-state index is 15.0. The second-order valence-corrected chi connectivity index (χ2v) is 20.9. The van der Waals surface area contributed by atoms with E-state index in [2.05, 4.69) is 15.8 Å². The minimum absolute atomic E-state index is 0.0313. The third-order valence-corrected chi connectivity index (χ3v) is 15.7. The number of β-lactam (4-membered cyclic amide) rings is 1. The van der Waals surface area contributed by atoms with Crippen LogP contribution in [0.4, 0.5) is 5.13 Å². The summed E-state index contributed by atoms with van der Waals surface area (Å²) < 4.78 is 12.4. The molecule has 3 heterocycles. The van der Waals surface area contributed by atoms with Gasteiger partial charge in [0.05, 0.1) is 0 Å². The van der Waals surface area contributed by atoms with E-state index in [1.54, 1.807) is 5.38 Å². The average molecular weight is 1080 g/mol. The highest BCUT2D eigenvalue weighted by Gasteiger charge is 2.55. The molecule has 1 aromatic heterocycles. The molecule has 1 fully saturated rings. The highest BCUT2D eigenvalue weighted by atomic mass is 35.5. The largest absolute Gasteiger partial charge is 0.450 e. The number of nitrogens with one attached hydrogen (secondary N) is 2. The van der Waals surface area contributed by atoms with E-state index in [1.807, 2.05) is 212 Å². The number of thiazole rings is 1. The molecule has 0 saturated carbocycles. The first-order valence-corrected chi connectivity index (χ1v) is 27.3. The lowest BCUT2D eigenvalue weighted by atomic mass is 9.77. The van der Waals surface area contributed by atoms with Crippen molar-refractivity contribution in [2.45, 2.75) is 48.6 Å². The van der Waals surface area contributed by atoms with Crippen LogP contribution in [0.2, 0.25) is 0 Å². The summed E-state index contributed by atoms with van der Waals surface area (Å²) in [6.45, 7) is 2.99. The van der Waals surface area contributed by atoms with E-state index in [-0.39, 0.29) is 28.7 Å². The van der Waals surface area contributed by atoms with E-state index in [1.165, 1.54) is 41.8 Å². The summed E-state index contributed by atoms with van der Waals surface area (Å²) in [4.78, 5) is 70.5. The normalized spacial score (nSPS) is 15.6. The van der Waals surface area contributed by atoms with Crippen molar-refractivity contribution in [2.24, 2.45) is 5.16 Å². The Morgan fingerprint density at radius 1 is 0.662 bits per heavy atom. The molecule has 77 heavy (non-hydrogen) atoms. The first-order valence-electron chi connectivity index (χ1n) is 24.9. The maximum atomic E-state index is 15.0. The molecule has 2 atom stereocenters. The minimum Gasteiger partial charge on any atom is -0.450 e. The van der Waals surface area contributed by atoms with Gasteiger partial charge in [0.1, 0.15) is 28.3 Å². The van der Waals surface area contributed by atoms with Crippen LogP contribution >= 0.6 is 34.7 Å². The predicted octanol–water partition coefficient (Wildman–Crippen LogP) is 11.6. The van der Waals surface area contributed by atoms with Crippen LogP contribution in [0.15, 0.2) is 234 Å². The minimum atomic E-state index is -1.76. The number of halogens is 1. The van der Waals surface area contributed by atoms with Gasteiger partial charge >= 0.3 is 11.9 Å². The van der Waals surface area contributed by atoms with Crippen molar-refractivity contribution in [3.8, 4) is 0 Å². The number of hydrogen-bond donors (Lipinski definition) is 2. The van der Waals surface area contributed by atoms with E-state index < -0.39 is 58.5 Å². The number of benzene rings is 7. The number of nitrogens with zero attached hydrogens (tertiary/aromatic N) is 3. The van der Waals surface area contributed by atoms with E-state index in [0.717, 1.165) is 38.9 Å². The fraction of sp³-hybridized carbons (Fsp3) is 0.161. The van der Waals surface area contributed by atoms with Gasteiger partial charge in [0.2, 0.25) is 5.60 Å². The molecule has 7 aromatic carbocycles. The third-order valence-electron chi connectivity index (χ3n) is 13.3. The number of thioether (sulfide) groups is 1. The van der Waals surface area contributed by atoms with Gasteiger partial charge in [-0.2, -0.15) is 0 Å². The number of rotatable bonds is 19. The summed E-state index contributed by atoms with van der Waals surface area (Å²) >= 11 is 9.06. The van der Waals surface area contributed by atoms with Gasteiger partial charge in [-0.1, -0.05) is 217 Å². The van der Waals surface area contributed by atoms with Crippen LogP contribution in [0.3, 0.4) is 0 Å². The van der Waals surface area contributed by atoms with Crippen LogP contribution in [0.5, 0.6) is 0 Å². The van der Waals surface area contributed by atoms with Crippen molar-refractivity contribution in [3.05, 3.63) is 274 Å². The Morgan fingerprint density at radius 2 is 1.09 bits per heavy atom. The summed E-state index contributed by atoms with van der Waals surface area (Å²) in [6.07, 6.45) is -1.57. The number of hydrogen-bond acceptors (Lipinski definition) is 12. The summed E-state index contributed by atoms with van der Waals surface area (Å²) in [5, 5.41) is 12.4. The lowest BCUT2D eigenvalue weighted by molar-refractivity contribution is -0.172. The molecular weight excluding hydrogens is 1030 g/mol. The van der Waals surface area contributed by atoms with Crippen LogP contribution in [-0.4, -0.2) is 68.0 Å². The molecule has 2 aliphatic rings. The van der Waals surface area contributed by atoms with Crippen molar-refractivity contribution in [2.75, 3.05) is 16.9 Å². The fourth-order valence-electron chi connectivity index (χ4n) is 9.35. The van der Waals surface area contributed by atoms with Gasteiger partial charge in [-0.3, -0.25) is 14.5 Å². The zero-order chi connectivity index (χ0) is 53.4. The Balaban J connectivity index is 0.969. The number of fused-ring (bicyclic) bond motifs is 1. The molecule has 2 amide bonds. The lowest BCUT2D eigenvalue weighted by Gasteiger charge is -2.49. The second-order valence-electron chi connectivity index (χ2n) is 18.7. The number of ether oxygens (including phenoxy) is 2. The zero-order valence-electron chi connectivity index (χ0n) is 41.9. The van der Waals surface area contributed by atoms with Gasteiger partial charge in [0.25, 0.3) is 11.8 Å². The SMILES string of the molecule is CC(C)(O/N=C(\C(=O)NC1C(=O)N2C(C(=O)OC(c3ccccc3)c3ccccc3)=C(CCl)CSC12)c1csc(NC(c2ccccc2)(c2ccccc2)c2ccccc2)n1)C(=O)OC(c1ccccc1)c1ccccc1. The van der Waals surface area contributed by atoms with Crippen molar-refractivity contribution >= 4 is 69.3 Å². The summed E-state index contributed by atoms with van der Waals surface area (Å²) in [7, 11) is 0. The Bertz CT molecular complexity index is 3230. The number of amides is 2. The molecule has 2 unspecified atom stereocenters. The van der Waals surface area contributed by atoms with E-state index in [9.17, 15) is 19.2 Å². The number of oxime groups is 1. The van der Waals surface area contributed by atoms with E-state index in [4.69, 9.17) is 30.9 Å². The summed E-state index contributed by atoms with van der Waals surface area (Å²) in [5.74, 6) is -2.61. The molecule has 12 nitrogen and oxygen atoms in total. The number of aromatic nitrogens is 1. The molecule has 0 aliphatic carbocycles.